The predicted octanol–water partition coefficient (Wildman–Crippen LogP) is 22.8. The number of fused-ring (bicyclic) bond motifs is 4. The second-order valence-electron chi connectivity index (χ2n) is 29.6. The number of rotatable bonds is 42. The smallest absolute Gasteiger partial charge is 0.350 e. The minimum absolute atomic E-state index is 0.00663. The summed E-state index contributed by atoms with van der Waals surface area (Å²) in [6.45, 7) is 30.3. The SMILES string of the molecule is CCCCC(CC)C(=O)Oc1ccc(OC(=O)C(CC)CCCC)c2c1SC(=C(C#N)C(=O)OCC)S2.CCCCC(CC)C(=O)Oc1ccc(OC(=O)C(CC)CCCC)c2c1SC(=C(C#N)C(N)=O)S2.CCOC(=O)C(C#N)=C1Sc2c(OC)ccc(OC)c2S1.COC(C)CCOc1ccc(OCCC(C)OC)c2c1SC(=C(C#N)C(=O)C(C)(C)C)S2. The lowest BCUT2D eigenvalue weighted by molar-refractivity contribution is -0.140. The zero-order valence-electron chi connectivity index (χ0n) is 74.9. The first kappa shape index (κ1) is 107. The number of nitriles is 4. The van der Waals surface area contributed by atoms with Crippen molar-refractivity contribution in [2.45, 2.75) is 271 Å². The van der Waals surface area contributed by atoms with E-state index in [0.717, 1.165) is 157 Å². The Balaban J connectivity index is 0.000000301. The number of hydrogen-bond donors (Lipinski definition) is 1. The largest absolute Gasteiger partial charge is 0.496 e. The van der Waals surface area contributed by atoms with Gasteiger partial charge in [0.1, 0.15) is 81.4 Å². The Hall–Kier alpha value is -8.32. The quantitative estimate of drug-likeness (QED) is 0.0186. The molecule has 25 nitrogen and oxygen atoms in total. The van der Waals surface area contributed by atoms with Gasteiger partial charge in [0.2, 0.25) is 0 Å². The van der Waals surface area contributed by atoms with Gasteiger partial charge in [-0.25, -0.2) is 9.59 Å². The Morgan fingerprint density at radius 2 is 0.600 bits per heavy atom. The second-order valence-corrected chi connectivity index (χ2v) is 38.8. The number of allylic oxidation sites excluding steroid dienone is 1. The van der Waals surface area contributed by atoms with Gasteiger partial charge in [-0.05, 0) is 128 Å². The van der Waals surface area contributed by atoms with Crippen molar-refractivity contribution in [3.63, 3.8) is 0 Å². The van der Waals surface area contributed by atoms with E-state index in [1.54, 1.807) is 78.7 Å². The number of nitrogens with zero attached hydrogens (tertiary/aromatic N) is 4. The summed E-state index contributed by atoms with van der Waals surface area (Å²) in [7, 11) is 6.51. The fourth-order valence-electron chi connectivity index (χ4n) is 11.9. The van der Waals surface area contributed by atoms with Crippen molar-refractivity contribution < 1.29 is 95.2 Å². The summed E-state index contributed by atoms with van der Waals surface area (Å²) in [5.74, 6) is -0.452. The number of ether oxygens (including phenoxy) is 12. The van der Waals surface area contributed by atoms with Gasteiger partial charge in [0.05, 0.1) is 133 Å². The van der Waals surface area contributed by atoms with Crippen molar-refractivity contribution in [3.8, 4) is 70.3 Å². The molecule has 0 bridgehead atoms. The van der Waals surface area contributed by atoms with E-state index in [1.807, 2.05) is 92.7 Å². The first-order chi connectivity index (χ1) is 59.9. The van der Waals surface area contributed by atoms with Crippen LogP contribution in [0.1, 0.15) is 219 Å². The molecule has 4 heterocycles. The lowest BCUT2D eigenvalue weighted by Gasteiger charge is -2.17. The Morgan fingerprint density at radius 1 is 0.360 bits per heavy atom. The lowest BCUT2D eigenvalue weighted by Crippen LogP contribution is -2.21. The number of thioether (sulfide) groups is 8. The highest BCUT2D eigenvalue weighted by molar-refractivity contribution is 8.26. The van der Waals surface area contributed by atoms with Crippen molar-refractivity contribution in [3.05, 3.63) is 87.8 Å². The van der Waals surface area contributed by atoms with Crippen molar-refractivity contribution in [1.29, 1.82) is 21.0 Å². The number of ketones is 1. The highest BCUT2D eigenvalue weighted by atomic mass is 32.2. The number of benzene rings is 4. The van der Waals surface area contributed by atoms with Gasteiger partial charge in [-0.2, -0.15) is 21.0 Å². The maximum absolute atomic E-state index is 12.9. The van der Waals surface area contributed by atoms with Gasteiger partial charge in [-0.3, -0.25) is 28.8 Å². The van der Waals surface area contributed by atoms with E-state index in [4.69, 9.17) is 62.6 Å². The molecule has 2 N–H and O–H groups in total. The fourth-order valence-corrected chi connectivity index (χ4v) is 22.3. The van der Waals surface area contributed by atoms with E-state index in [9.17, 15) is 59.4 Å². The average Bonchev–Trinajstić information content (AvgIpc) is 1.66. The number of nitrogens with two attached hydrogens (primary N) is 1. The molecule has 0 aromatic heterocycles. The zero-order valence-corrected chi connectivity index (χ0v) is 81.5. The topological polar surface area (TPSA) is 369 Å². The number of esters is 6. The predicted molar refractivity (Wildman–Crippen MR) is 492 cm³/mol. The van der Waals surface area contributed by atoms with E-state index in [2.05, 4.69) is 33.8 Å². The highest BCUT2D eigenvalue weighted by Gasteiger charge is 2.39. The molecule has 125 heavy (non-hydrogen) atoms. The first-order valence-electron chi connectivity index (χ1n) is 42.1. The summed E-state index contributed by atoms with van der Waals surface area (Å²) in [5.41, 5.74) is 4.62. The maximum atomic E-state index is 12.9. The van der Waals surface area contributed by atoms with Crippen LogP contribution in [0.4, 0.5) is 0 Å². The number of primary amides is 1. The summed E-state index contributed by atoms with van der Waals surface area (Å²) >= 11 is 9.98. The number of carbonyl (C=O) groups is 8. The normalized spacial score (nSPS) is 13.9. The minimum atomic E-state index is -0.844. The number of Topliss-reactive ketones (excluding diaryl/α,β-unsaturated/α-hetero) is 1. The van der Waals surface area contributed by atoms with Gasteiger partial charge in [0.15, 0.2) is 16.9 Å². The number of unbranched alkanes of at least 4 members (excludes halogenated alkanes) is 4. The summed E-state index contributed by atoms with van der Waals surface area (Å²) < 4.78 is 68.5. The third kappa shape index (κ3) is 31.0. The Bertz CT molecular complexity index is 4560. The molecule has 0 saturated heterocycles. The number of carbonyl (C=O) groups excluding carboxylic acids is 8. The van der Waals surface area contributed by atoms with E-state index in [-0.39, 0.29) is 101 Å². The summed E-state index contributed by atoms with van der Waals surface area (Å²) in [6.07, 6.45) is 15.0. The first-order valence-corrected chi connectivity index (χ1v) is 48.6. The third-order valence-electron chi connectivity index (χ3n) is 19.7. The fraction of sp³-hybridized carbons (Fsp3) is 0.522. The van der Waals surface area contributed by atoms with Gasteiger partial charge in [-0.15, -0.1) is 0 Å². The molecule has 1 amide bonds. The molecule has 6 atom stereocenters. The van der Waals surface area contributed by atoms with Crippen LogP contribution in [0.3, 0.4) is 0 Å². The molecule has 4 aromatic rings. The highest BCUT2D eigenvalue weighted by Crippen LogP contribution is 2.63. The van der Waals surface area contributed by atoms with Crippen LogP contribution in [-0.4, -0.2) is 115 Å². The maximum Gasteiger partial charge on any atom is 0.350 e. The summed E-state index contributed by atoms with van der Waals surface area (Å²) in [6, 6.07) is 21.6. The second kappa shape index (κ2) is 55.4. The van der Waals surface area contributed by atoms with Crippen LogP contribution in [-0.2, 0) is 57.3 Å². The standard InChI is InChI=1S/C28H37NO6S2.C26H34N2O5S2.C24H33NO5S2.C14H13NO4S2/c1-6-11-13-18(8-3)25(30)34-21-15-16-22(35-26(31)19(9-4)14-12-7-2)24-23(21)36-28(37-24)20(17-29)27(32)33-10-5;1-5-9-11-16(7-3)24(30)32-19-13-14-20(33-25(31)17(8-4)12-10-6-2)22-21(19)34-26(35-22)18(15-27)23(28)29;1-15(27-6)10-12-29-18-8-9-19(30-13-11-16(2)28-7)21-20(18)31-23(32-21)17(14-25)22(26)24(3,4)5;1-4-19-13(16)8(7-15)14-20-11-9(17-2)5-6-10(18-3)12(11)21-14/h15-16,18-19H,6-14H2,1-5H3;13-14,16-17H,5-12H2,1-4H3,(H2,28,29);8-9,15-16H,10-13H2,1-7H3;5-6H,4H2,1-3H3. The van der Waals surface area contributed by atoms with E-state index in [0.29, 0.717) is 121 Å². The van der Waals surface area contributed by atoms with Crippen LogP contribution >= 0.6 is 94.1 Å². The zero-order chi connectivity index (χ0) is 92.6. The molecule has 0 aliphatic carbocycles. The monoisotopic (exact) mass is 1870 g/mol. The molecule has 4 aliphatic heterocycles. The Morgan fingerprint density at radius 3 is 0.824 bits per heavy atom. The molecule has 0 saturated carbocycles. The number of hydrogen-bond acceptors (Lipinski definition) is 32. The minimum Gasteiger partial charge on any atom is -0.496 e. The molecule has 0 fully saturated rings. The van der Waals surface area contributed by atoms with Gasteiger partial charge in [0.25, 0.3) is 5.91 Å². The van der Waals surface area contributed by atoms with E-state index < -0.39 is 23.3 Å². The van der Waals surface area contributed by atoms with Crippen molar-refractivity contribution >= 4 is 142 Å². The number of amides is 1. The van der Waals surface area contributed by atoms with Crippen LogP contribution in [0.25, 0.3) is 0 Å². The molecule has 0 radical (unpaired) electrons. The molecule has 6 unspecified atom stereocenters. The van der Waals surface area contributed by atoms with Crippen LogP contribution < -0.4 is 43.6 Å². The van der Waals surface area contributed by atoms with Crippen molar-refractivity contribution in [2.24, 2.45) is 34.8 Å². The third-order valence-corrected chi connectivity index (χ3v) is 30.2. The van der Waals surface area contributed by atoms with Crippen LogP contribution in [0.15, 0.2) is 127 Å². The van der Waals surface area contributed by atoms with Crippen LogP contribution in [0, 0.1) is 74.4 Å². The van der Waals surface area contributed by atoms with Gasteiger partial charge in [0, 0.05) is 32.5 Å². The Labute approximate surface area is 770 Å². The van der Waals surface area contributed by atoms with Crippen LogP contribution in [0.5, 0.6) is 46.0 Å². The summed E-state index contributed by atoms with van der Waals surface area (Å²) in [5, 5.41) is 38.1. The number of methoxy groups -OCH3 is 4. The lowest BCUT2D eigenvalue weighted by atomic mass is 9.87. The molecule has 678 valence electrons. The van der Waals surface area contributed by atoms with E-state index >= 15 is 0 Å². The van der Waals surface area contributed by atoms with Gasteiger partial charge >= 0.3 is 35.8 Å². The average molecular weight is 1870 g/mol. The van der Waals surface area contributed by atoms with Crippen molar-refractivity contribution in [2.75, 3.05) is 54.9 Å². The van der Waals surface area contributed by atoms with Crippen LogP contribution in [0.2, 0.25) is 0 Å². The Kier molecular flexibility index (Phi) is 47.5. The van der Waals surface area contributed by atoms with Gasteiger partial charge in [-0.1, -0.05) is 222 Å². The molecular formula is C92H117N5O20S8. The molecular weight excluding hydrogens is 1750 g/mol. The van der Waals surface area contributed by atoms with Gasteiger partial charge < -0.3 is 62.6 Å². The van der Waals surface area contributed by atoms with Crippen molar-refractivity contribution in [1.82, 2.24) is 0 Å². The van der Waals surface area contributed by atoms with E-state index in [1.165, 1.54) is 47.0 Å². The summed E-state index contributed by atoms with van der Waals surface area (Å²) in [4.78, 5) is 106. The molecule has 4 aromatic carbocycles. The molecule has 33 heteroatoms. The molecule has 8 rings (SSSR count). The molecule has 4 aliphatic rings. The molecule has 0 spiro atoms.